The number of ether oxygens (including phenoxy) is 3. The molecule has 0 aromatic heterocycles. The number of hydrogen-bond acceptors (Lipinski definition) is 3. The van der Waals surface area contributed by atoms with Gasteiger partial charge in [0.2, 0.25) is 0 Å². The van der Waals surface area contributed by atoms with Crippen molar-refractivity contribution in [3.63, 3.8) is 0 Å². The Hall–Kier alpha value is -0.120. The van der Waals surface area contributed by atoms with Crippen LogP contribution in [0.5, 0.6) is 0 Å². The number of rotatable bonds is 8. The van der Waals surface area contributed by atoms with E-state index in [1.807, 2.05) is 0 Å². The zero-order valence-corrected chi connectivity index (χ0v) is 7.04. The highest BCUT2D eigenvalue weighted by atomic mass is 16.5. The molecule has 0 bridgehead atoms. The van der Waals surface area contributed by atoms with Crippen LogP contribution in [-0.4, -0.2) is 40.1 Å². The van der Waals surface area contributed by atoms with E-state index >= 15 is 0 Å². The molecule has 0 radical (unpaired) electrons. The first kappa shape index (κ1) is 7.53. The highest BCUT2D eigenvalue weighted by Gasteiger charge is 1.87. The van der Waals surface area contributed by atoms with Gasteiger partial charge in [-0.15, -0.1) is 0 Å². The Bertz CT molecular complexity index is 101. The molecule has 3 nitrogen and oxygen atoms in total. The van der Waals surface area contributed by atoms with Crippen molar-refractivity contribution in [3.8, 4) is 0 Å². The van der Waals surface area contributed by atoms with E-state index in [2.05, 4.69) is 11.7 Å². The third-order valence-electron chi connectivity index (χ3n) is 1.07. The third-order valence-corrected chi connectivity index (χ3v) is 1.07. The van der Waals surface area contributed by atoms with Gasteiger partial charge in [-0.1, -0.05) is 6.92 Å². The fraction of sp³-hybridized carbons (Fsp3) is 1.00. The minimum atomic E-state index is -1.21. The monoisotopic (exact) mass is 165 g/mol. The van der Waals surface area contributed by atoms with Gasteiger partial charge in [0.15, 0.2) is 0 Å². The summed E-state index contributed by atoms with van der Waals surface area (Å²) in [6.07, 6.45) is 1.02. The van der Waals surface area contributed by atoms with Gasteiger partial charge < -0.3 is 14.2 Å². The van der Waals surface area contributed by atoms with Crippen molar-refractivity contribution in [1.82, 2.24) is 0 Å². The van der Waals surface area contributed by atoms with E-state index in [9.17, 15) is 0 Å². The van der Waals surface area contributed by atoms with Crippen LogP contribution in [-0.2, 0) is 14.2 Å². The van der Waals surface area contributed by atoms with E-state index in [1.54, 1.807) is 0 Å². The fourth-order valence-corrected chi connectivity index (χ4v) is 0.573. The predicted octanol–water partition coefficient (Wildman–Crippen LogP) is 1.08. The van der Waals surface area contributed by atoms with Crippen molar-refractivity contribution < 1.29 is 17.0 Å². The van der Waals surface area contributed by atoms with E-state index < -0.39 is 7.06 Å². The Labute approximate surface area is 71.4 Å². The predicted molar refractivity (Wildman–Crippen MR) is 43.8 cm³/mol. The van der Waals surface area contributed by atoms with Crippen LogP contribution in [0.2, 0.25) is 0 Å². The van der Waals surface area contributed by atoms with Gasteiger partial charge in [0.25, 0.3) is 0 Å². The Morgan fingerprint density at radius 2 is 1.82 bits per heavy atom. The van der Waals surface area contributed by atoms with Crippen LogP contribution >= 0.6 is 0 Å². The highest BCUT2D eigenvalue weighted by molar-refractivity contribution is 4.31. The van der Waals surface area contributed by atoms with Gasteiger partial charge in [-0.05, 0) is 6.42 Å². The standard InChI is InChI=1S/C8H18O3/c1-3-4-10-7-8-11-6-5-9-2/h3-8H2,1-2H3/i2TD. The SMILES string of the molecule is [2H]C([3H])OCCOCCOCCC. The molecule has 0 N–H and O–H groups in total. The summed E-state index contributed by atoms with van der Waals surface area (Å²) < 4.78 is 28.3. The summed E-state index contributed by atoms with van der Waals surface area (Å²) in [7, 11) is -1.21. The molecule has 1 atom stereocenters. The maximum absolute atomic E-state index is 6.71. The minimum Gasteiger partial charge on any atom is -0.382 e. The average Bonchev–Trinajstić information content (AvgIpc) is 2.09. The molecule has 0 saturated heterocycles. The van der Waals surface area contributed by atoms with Crippen LogP contribution in [0.4, 0.5) is 0 Å². The molecule has 0 fully saturated rings. The maximum atomic E-state index is 6.71. The summed E-state index contributed by atoms with van der Waals surface area (Å²) in [6.45, 7) is 4.68. The summed E-state index contributed by atoms with van der Waals surface area (Å²) in [5.74, 6) is 0. The molecular weight excluding hydrogens is 144 g/mol. The molecule has 11 heavy (non-hydrogen) atoms. The topological polar surface area (TPSA) is 27.7 Å². The van der Waals surface area contributed by atoms with Crippen LogP contribution in [0.25, 0.3) is 0 Å². The summed E-state index contributed by atoms with van der Waals surface area (Å²) in [5, 5.41) is 0. The molecule has 1 unspecified atom stereocenters. The van der Waals surface area contributed by atoms with Crippen LogP contribution in [0.1, 0.15) is 16.1 Å². The summed E-state index contributed by atoms with van der Waals surface area (Å²) >= 11 is 0. The molecule has 0 heterocycles. The van der Waals surface area contributed by atoms with Crippen LogP contribution in [0.3, 0.4) is 0 Å². The molecule has 0 aromatic carbocycles. The van der Waals surface area contributed by atoms with Crippen LogP contribution < -0.4 is 0 Å². The largest absolute Gasteiger partial charge is 0.382 e. The van der Waals surface area contributed by atoms with Gasteiger partial charge in [0.1, 0.15) is 0 Å². The van der Waals surface area contributed by atoms with Crippen LogP contribution in [0.15, 0.2) is 0 Å². The second-order valence-electron chi connectivity index (χ2n) is 2.10. The van der Waals surface area contributed by atoms with E-state index in [4.69, 9.17) is 12.2 Å². The second kappa shape index (κ2) is 9.88. The van der Waals surface area contributed by atoms with Gasteiger partial charge in [-0.2, -0.15) is 0 Å². The average molecular weight is 165 g/mol. The summed E-state index contributed by atoms with van der Waals surface area (Å²) in [6, 6.07) is 0. The molecule has 0 spiro atoms. The first-order chi connectivity index (χ1) is 6.27. The van der Waals surface area contributed by atoms with Crippen molar-refractivity contribution in [2.45, 2.75) is 13.3 Å². The molecule has 0 aromatic rings. The van der Waals surface area contributed by atoms with Gasteiger partial charge in [-0.25, -0.2) is 0 Å². The van der Waals surface area contributed by atoms with Gasteiger partial charge in [-0.3, -0.25) is 0 Å². The normalized spacial score (nSPS) is 15.7. The van der Waals surface area contributed by atoms with Crippen molar-refractivity contribution >= 4 is 0 Å². The molecule has 0 saturated carbocycles. The highest BCUT2D eigenvalue weighted by Crippen LogP contribution is 1.81. The lowest BCUT2D eigenvalue weighted by Crippen LogP contribution is -2.08. The zero-order valence-electron chi connectivity index (χ0n) is 9.04. The second-order valence-corrected chi connectivity index (χ2v) is 2.10. The molecular formula is C8H18O3. The lowest BCUT2D eigenvalue weighted by Gasteiger charge is -2.03. The molecule has 0 rings (SSSR count). The van der Waals surface area contributed by atoms with Crippen molar-refractivity contribution in [1.29, 1.82) is 0 Å². The van der Waals surface area contributed by atoms with Gasteiger partial charge >= 0.3 is 0 Å². The molecule has 3 heteroatoms. The lowest BCUT2D eigenvalue weighted by atomic mass is 10.5. The number of methoxy groups -OCH3 is 1. The summed E-state index contributed by atoms with van der Waals surface area (Å²) in [5.41, 5.74) is 0. The first-order valence-corrected chi connectivity index (χ1v) is 3.89. The Morgan fingerprint density at radius 3 is 2.45 bits per heavy atom. The molecule has 68 valence electrons. The fourth-order valence-electron chi connectivity index (χ4n) is 0.573. The van der Waals surface area contributed by atoms with Gasteiger partial charge in [0, 0.05) is 13.7 Å². The van der Waals surface area contributed by atoms with Crippen molar-refractivity contribution in [2.75, 3.05) is 40.1 Å². The van der Waals surface area contributed by atoms with Crippen molar-refractivity contribution in [3.05, 3.63) is 0 Å². The molecule has 0 amide bonds. The first-order valence-electron chi connectivity index (χ1n) is 5.04. The summed E-state index contributed by atoms with van der Waals surface area (Å²) in [4.78, 5) is 0. The zero-order chi connectivity index (χ0) is 9.94. The maximum Gasteiger partial charge on any atom is 0.0701 e. The van der Waals surface area contributed by atoms with E-state index in [-0.39, 0.29) is 0 Å². The third kappa shape index (κ3) is 9.88. The molecule has 0 aliphatic heterocycles. The Morgan fingerprint density at radius 1 is 1.18 bits per heavy atom. The Balaban J connectivity index is 2.84. The molecule has 0 aliphatic carbocycles. The Kier molecular flexibility index (Phi) is 6.76. The smallest absolute Gasteiger partial charge is 0.0701 e. The number of hydrogen-bond donors (Lipinski definition) is 0. The quantitative estimate of drug-likeness (QED) is 0.504. The van der Waals surface area contributed by atoms with E-state index in [0.717, 1.165) is 13.0 Å². The van der Waals surface area contributed by atoms with E-state index in [1.165, 1.54) is 0 Å². The molecule has 0 aliphatic rings. The van der Waals surface area contributed by atoms with Gasteiger partial charge in [0.05, 0.1) is 29.2 Å². The van der Waals surface area contributed by atoms with Crippen LogP contribution in [0, 0.1) is 0 Å². The minimum absolute atomic E-state index is 0.297. The van der Waals surface area contributed by atoms with E-state index in [0.29, 0.717) is 26.4 Å². The lowest BCUT2D eigenvalue weighted by molar-refractivity contribution is 0.0250. The van der Waals surface area contributed by atoms with Crippen molar-refractivity contribution in [2.24, 2.45) is 0 Å².